The standard InChI is InChI=1S/C30H23ClF3N7O2/c1-16-3-2-4-23(21-13-17(9-10-35-21)26-20(38-30(16)43)7-6-19(32)29(26)34)40-15-36-22(14-25(40)42)27-24(41-12-11-37-39-41)8-5-18(31)28(27)33/h5-16,23H,2-4H2,1H3,(H,38,43). The molecule has 3 aromatic heterocycles. The van der Waals surface area contributed by atoms with Gasteiger partial charge in [-0.2, -0.15) is 0 Å². The molecule has 1 amide bonds. The number of hydrogen-bond acceptors (Lipinski definition) is 6. The highest BCUT2D eigenvalue weighted by Gasteiger charge is 2.25. The zero-order valence-corrected chi connectivity index (χ0v) is 23.4. The van der Waals surface area contributed by atoms with Crippen LogP contribution in [0.4, 0.5) is 18.9 Å². The summed E-state index contributed by atoms with van der Waals surface area (Å²) in [5, 5.41) is 10.2. The van der Waals surface area contributed by atoms with Gasteiger partial charge in [-0.3, -0.25) is 19.1 Å². The molecule has 1 aliphatic heterocycles. The second-order valence-electron chi connectivity index (χ2n) is 10.2. The van der Waals surface area contributed by atoms with E-state index in [0.29, 0.717) is 25.0 Å². The second kappa shape index (κ2) is 11.4. The van der Waals surface area contributed by atoms with E-state index in [2.05, 4.69) is 25.6 Å². The number of rotatable bonds is 3. The monoisotopic (exact) mass is 605 g/mol. The van der Waals surface area contributed by atoms with Crippen molar-refractivity contribution in [2.75, 3.05) is 5.32 Å². The van der Waals surface area contributed by atoms with E-state index in [0.717, 1.165) is 6.07 Å². The molecule has 5 aromatic rings. The van der Waals surface area contributed by atoms with Crippen LogP contribution in [0.1, 0.15) is 37.9 Å². The zero-order valence-electron chi connectivity index (χ0n) is 22.6. The van der Waals surface area contributed by atoms with Gasteiger partial charge in [-0.25, -0.2) is 22.8 Å². The van der Waals surface area contributed by atoms with Crippen molar-refractivity contribution in [3.05, 3.63) is 106 Å². The molecule has 218 valence electrons. The molecule has 1 N–H and O–H groups in total. The molecule has 0 aliphatic carbocycles. The Bertz CT molecular complexity index is 1910. The summed E-state index contributed by atoms with van der Waals surface area (Å²) in [6, 6.07) is 8.76. The number of hydrogen-bond donors (Lipinski definition) is 1. The van der Waals surface area contributed by atoms with Crippen molar-refractivity contribution < 1.29 is 18.0 Å². The molecule has 2 atom stereocenters. The number of carbonyl (C=O) groups is 1. The molecule has 0 radical (unpaired) electrons. The van der Waals surface area contributed by atoms with E-state index in [9.17, 15) is 14.0 Å². The summed E-state index contributed by atoms with van der Waals surface area (Å²) in [6.07, 6.45) is 7.03. The van der Waals surface area contributed by atoms with Crippen LogP contribution in [0.2, 0.25) is 5.02 Å². The summed E-state index contributed by atoms with van der Waals surface area (Å²) in [6.45, 7) is 1.74. The van der Waals surface area contributed by atoms with E-state index >= 15 is 8.78 Å². The second-order valence-corrected chi connectivity index (χ2v) is 10.6. The van der Waals surface area contributed by atoms with E-state index in [4.69, 9.17) is 11.6 Å². The van der Waals surface area contributed by atoms with E-state index in [1.165, 1.54) is 58.4 Å². The number of aromatic nitrogens is 6. The van der Waals surface area contributed by atoms with Crippen molar-refractivity contribution in [3.8, 4) is 28.1 Å². The maximum Gasteiger partial charge on any atom is 0.254 e. The number of nitrogens with one attached hydrogen (secondary N) is 1. The molecule has 13 heteroatoms. The summed E-state index contributed by atoms with van der Waals surface area (Å²) in [5.41, 5.74) is 0.438. The number of amides is 1. The van der Waals surface area contributed by atoms with Crippen molar-refractivity contribution in [1.82, 2.24) is 29.5 Å². The van der Waals surface area contributed by atoms with Crippen molar-refractivity contribution >= 4 is 23.2 Å². The Morgan fingerprint density at radius 2 is 1.79 bits per heavy atom. The highest BCUT2D eigenvalue weighted by molar-refractivity contribution is 6.31. The van der Waals surface area contributed by atoms with Gasteiger partial charge in [0.25, 0.3) is 5.56 Å². The number of carbonyl (C=O) groups excluding carboxylic acids is 1. The topological polar surface area (TPSA) is 108 Å². The highest BCUT2D eigenvalue weighted by atomic mass is 35.5. The molecular weight excluding hydrogens is 583 g/mol. The van der Waals surface area contributed by atoms with Crippen LogP contribution in [-0.4, -0.2) is 35.4 Å². The average molecular weight is 606 g/mol. The predicted octanol–water partition coefficient (Wildman–Crippen LogP) is 5.97. The molecule has 0 saturated carbocycles. The number of anilines is 1. The molecule has 6 rings (SSSR count). The van der Waals surface area contributed by atoms with Gasteiger partial charge in [-0.15, -0.1) is 5.10 Å². The van der Waals surface area contributed by atoms with Crippen molar-refractivity contribution in [2.45, 2.75) is 32.2 Å². The molecule has 0 saturated heterocycles. The number of benzene rings is 2. The third-order valence-electron chi connectivity index (χ3n) is 7.50. The quantitative estimate of drug-likeness (QED) is 0.271. The molecule has 2 aromatic carbocycles. The Morgan fingerprint density at radius 1 is 0.953 bits per heavy atom. The van der Waals surface area contributed by atoms with Crippen LogP contribution >= 0.6 is 11.6 Å². The fraction of sp³-hybridized carbons (Fsp3) is 0.200. The lowest BCUT2D eigenvalue weighted by molar-refractivity contribution is -0.119. The van der Waals surface area contributed by atoms with Crippen molar-refractivity contribution in [2.24, 2.45) is 5.92 Å². The van der Waals surface area contributed by atoms with Gasteiger partial charge in [0.05, 0.1) is 58.1 Å². The van der Waals surface area contributed by atoms with Gasteiger partial charge >= 0.3 is 0 Å². The van der Waals surface area contributed by atoms with Gasteiger partial charge in [0.2, 0.25) is 5.91 Å². The average Bonchev–Trinajstić information content (AvgIpc) is 3.53. The maximum atomic E-state index is 15.3. The fourth-order valence-corrected chi connectivity index (χ4v) is 5.41. The maximum absolute atomic E-state index is 15.3. The van der Waals surface area contributed by atoms with Crippen LogP contribution in [-0.2, 0) is 4.79 Å². The molecule has 2 unspecified atom stereocenters. The number of fused-ring (bicyclic) bond motifs is 4. The molecule has 2 bridgehead atoms. The number of nitrogens with zero attached hydrogens (tertiary/aromatic N) is 6. The first-order valence-electron chi connectivity index (χ1n) is 13.4. The molecule has 43 heavy (non-hydrogen) atoms. The Labute approximate surface area is 248 Å². The minimum atomic E-state index is -1.12. The van der Waals surface area contributed by atoms with Gasteiger partial charge in [0, 0.05) is 23.7 Å². The predicted molar refractivity (Wildman–Crippen MR) is 153 cm³/mol. The van der Waals surface area contributed by atoms with E-state index in [1.54, 1.807) is 19.1 Å². The lowest BCUT2D eigenvalue weighted by atomic mass is 9.95. The largest absolute Gasteiger partial charge is 0.325 e. The lowest BCUT2D eigenvalue weighted by Crippen LogP contribution is -2.27. The van der Waals surface area contributed by atoms with Crippen LogP contribution in [0, 0.1) is 23.4 Å². The van der Waals surface area contributed by atoms with Gasteiger partial charge in [0.15, 0.2) is 17.5 Å². The Kier molecular flexibility index (Phi) is 7.53. The Morgan fingerprint density at radius 3 is 2.56 bits per heavy atom. The first-order valence-corrected chi connectivity index (χ1v) is 13.8. The van der Waals surface area contributed by atoms with Crippen LogP contribution in [0.25, 0.3) is 28.1 Å². The van der Waals surface area contributed by atoms with Crippen LogP contribution in [0.3, 0.4) is 0 Å². The minimum absolute atomic E-state index is 0.0263. The summed E-state index contributed by atoms with van der Waals surface area (Å²) in [4.78, 5) is 35.4. The summed E-state index contributed by atoms with van der Waals surface area (Å²) in [7, 11) is 0. The number of pyridine rings is 1. The van der Waals surface area contributed by atoms with Crippen molar-refractivity contribution in [3.63, 3.8) is 0 Å². The van der Waals surface area contributed by atoms with Crippen LogP contribution in [0.15, 0.2) is 72.2 Å². The summed E-state index contributed by atoms with van der Waals surface area (Å²) >= 11 is 6.08. The van der Waals surface area contributed by atoms with Gasteiger partial charge < -0.3 is 5.32 Å². The third kappa shape index (κ3) is 5.29. The van der Waals surface area contributed by atoms with Crippen LogP contribution < -0.4 is 10.9 Å². The summed E-state index contributed by atoms with van der Waals surface area (Å²) < 4.78 is 47.5. The Balaban J connectivity index is 1.48. The van der Waals surface area contributed by atoms with E-state index in [1.807, 2.05) is 0 Å². The minimum Gasteiger partial charge on any atom is -0.325 e. The van der Waals surface area contributed by atoms with Crippen LogP contribution in [0.5, 0.6) is 0 Å². The molecule has 0 fully saturated rings. The normalized spacial score (nSPS) is 17.0. The Hall–Kier alpha value is -4.84. The first kappa shape index (κ1) is 28.3. The highest BCUT2D eigenvalue weighted by Crippen LogP contribution is 2.36. The van der Waals surface area contributed by atoms with E-state index in [-0.39, 0.29) is 44.7 Å². The molecule has 4 heterocycles. The molecule has 0 spiro atoms. The molecule has 1 aliphatic rings. The molecule has 9 nitrogen and oxygen atoms in total. The number of halogens is 4. The first-order chi connectivity index (χ1) is 20.7. The smallest absolute Gasteiger partial charge is 0.254 e. The summed E-state index contributed by atoms with van der Waals surface area (Å²) in [5.74, 6) is -3.76. The van der Waals surface area contributed by atoms with Gasteiger partial charge in [-0.05, 0) is 54.8 Å². The third-order valence-corrected chi connectivity index (χ3v) is 7.79. The molecular formula is C30H23ClF3N7O2. The fourth-order valence-electron chi connectivity index (χ4n) is 5.25. The zero-order chi connectivity index (χ0) is 30.2. The van der Waals surface area contributed by atoms with Gasteiger partial charge in [0.1, 0.15) is 0 Å². The van der Waals surface area contributed by atoms with Gasteiger partial charge in [-0.1, -0.05) is 30.2 Å². The lowest BCUT2D eigenvalue weighted by Gasteiger charge is -2.23. The van der Waals surface area contributed by atoms with E-state index < -0.39 is 35.0 Å². The SMILES string of the molecule is CC1CCCC(n2cnc(-c3c(-n4ccnn4)ccc(Cl)c3F)cc2=O)c2cc(ccn2)-c2c(ccc(F)c2F)NC1=O. The van der Waals surface area contributed by atoms with Crippen molar-refractivity contribution in [1.29, 1.82) is 0 Å².